The number of aromatic nitrogens is 1. The number of amidine groups is 1. The first-order valence-corrected chi connectivity index (χ1v) is 10.9. The van der Waals surface area contributed by atoms with Crippen LogP contribution in [-0.4, -0.2) is 40.7 Å². The Morgan fingerprint density at radius 2 is 1.97 bits per heavy atom. The summed E-state index contributed by atoms with van der Waals surface area (Å²) in [6, 6.07) is 5.35. The summed E-state index contributed by atoms with van der Waals surface area (Å²) < 4.78 is 71.4. The number of alkyl halides is 4. The minimum Gasteiger partial charge on any atom is -0.374 e. The van der Waals surface area contributed by atoms with Crippen molar-refractivity contribution in [3.8, 4) is 6.19 Å². The van der Waals surface area contributed by atoms with Gasteiger partial charge in [-0.2, -0.15) is 23.4 Å². The highest BCUT2D eigenvalue weighted by atomic mass is 35.5. The van der Waals surface area contributed by atoms with Gasteiger partial charge >= 0.3 is 6.18 Å². The third-order valence-corrected chi connectivity index (χ3v) is 6.18. The Kier molecular flexibility index (Phi) is 6.21. The van der Waals surface area contributed by atoms with Crippen LogP contribution in [0.3, 0.4) is 0 Å². The Morgan fingerprint density at radius 3 is 2.51 bits per heavy atom. The molecule has 1 unspecified atom stereocenters. The third kappa shape index (κ3) is 4.43. The van der Waals surface area contributed by atoms with E-state index in [2.05, 4.69) is 15.1 Å². The molecule has 0 saturated carbocycles. The van der Waals surface area contributed by atoms with Crippen molar-refractivity contribution in [1.29, 1.82) is 5.26 Å². The normalized spacial score (nSPS) is 21.9. The van der Waals surface area contributed by atoms with Gasteiger partial charge in [0.1, 0.15) is 11.7 Å². The minimum absolute atomic E-state index is 0.0559. The predicted octanol–water partition coefficient (Wildman–Crippen LogP) is 5.47. The standard InChI is InChI=1S/C23H19ClF5N5O/c1-13(2)20(32-12-30)34-10-21(26,11-34)19-4-3-14(9-31-19)18-8-22(35-33-18,23(27,28)29)15-5-16(24)7-17(25)6-15/h3-7,9,13H,8,10-11H2,1-2H3. The SMILES string of the molecule is CC(C)C(=NC#N)N1CC(F)(c2ccc(C3=NOC(c4cc(F)cc(Cl)c4)(C(F)(F)F)C3)cn2)C1. The van der Waals surface area contributed by atoms with Crippen molar-refractivity contribution in [2.75, 3.05) is 13.1 Å². The van der Waals surface area contributed by atoms with Crippen molar-refractivity contribution in [2.24, 2.45) is 16.1 Å². The second-order valence-electron chi connectivity index (χ2n) is 8.77. The molecule has 2 aliphatic heterocycles. The quantitative estimate of drug-likeness (QED) is 0.236. The van der Waals surface area contributed by atoms with E-state index >= 15 is 4.39 Å². The van der Waals surface area contributed by atoms with E-state index in [-0.39, 0.29) is 41.0 Å². The molecule has 1 saturated heterocycles. The summed E-state index contributed by atoms with van der Waals surface area (Å²) in [7, 11) is 0. The van der Waals surface area contributed by atoms with E-state index in [1.165, 1.54) is 18.3 Å². The van der Waals surface area contributed by atoms with Gasteiger partial charge in [0.25, 0.3) is 5.60 Å². The summed E-state index contributed by atoms with van der Waals surface area (Å²) in [4.78, 5) is 14.4. The maximum atomic E-state index is 15.3. The Balaban J connectivity index is 1.54. The summed E-state index contributed by atoms with van der Waals surface area (Å²) in [6.45, 7) is 3.56. The van der Waals surface area contributed by atoms with Crippen molar-refractivity contribution < 1.29 is 26.8 Å². The second kappa shape index (κ2) is 8.75. The van der Waals surface area contributed by atoms with Crippen LogP contribution < -0.4 is 0 Å². The molecule has 3 heterocycles. The zero-order valence-electron chi connectivity index (χ0n) is 18.6. The molecule has 0 aliphatic carbocycles. The number of likely N-dealkylation sites (tertiary alicyclic amines) is 1. The molecule has 6 nitrogen and oxygen atoms in total. The largest absolute Gasteiger partial charge is 0.435 e. The number of rotatable bonds is 4. The topological polar surface area (TPSA) is 73.9 Å². The fourth-order valence-electron chi connectivity index (χ4n) is 4.17. The molecule has 2 aromatic rings. The molecular formula is C23H19ClF5N5O. The Morgan fingerprint density at radius 1 is 1.26 bits per heavy atom. The molecule has 0 N–H and O–H groups in total. The number of aliphatic imine (C=N–C) groups is 1. The van der Waals surface area contributed by atoms with Crippen LogP contribution in [0.5, 0.6) is 0 Å². The van der Waals surface area contributed by atoms with Crippen LogP contribution in [-0.2, 0) is 16.1 Å². The zero-order chi connectivity index (χ0) is 25.6. The number of nitriles is 1. The van der Waals surface area contributed by atoms with Gasteiger partial charge in [-0.3, -0.25) is 4.98 Å². The first kappa shape index (κ1) is 24.9. The van der Waals surface area contributed by atoms with Crippen LogP contribution in [0.4, 0.5) is 22.0 Å². The Labute approximate surface area is 202 Å². The number of benzene rings is 1. The lowest BCUT2D eigenvalue weighted by Crippen LogP contribution is -2.60. The summed E-state index contributed by atoms with van der Waals surface area (Å²) in [5, 5.41) is 12.2. The van der Waals surface area contributed by atoms with Gasteiger partial charge in [-0.25, -0.2) is 8.78 Å². The molecule has 1 atom stereocenters. The third-order valence-electron chi connectivity index (χ3n) is 5.96. The number of halogens is 6. The maximum absolute atomic E-state index is 15.3. The van der Waals surface area contributed by atoms with E-state index in [0.29, 0.717) is 11.9 Å². The maximum Gasteiger partial charge on any atom is 0.435 e. The summed E-state index contributed by atoms with van der Waals surface area (Å²) in [5.74, 6) is -0.546. The monoisotopic (exact) mass is 511 g/mol. The zero-order valence-corrected chi connectivity index (χ0v) is 19.3. The summed E-state index contributed by atoms with van der Waals surface area (Å²) >= 11 is 5.77. The second-order valence-corrected chi connectivity index (χ2v) is 9.20. The fraction of sp³-hybridized carbons (Fsp3) is 0.391. The van der Waals surface area contributed by atoms with Crippen LogP contribution in [0.25, 0.3) is 0 Å². The molecule has 1 aromatic carbocycles. The van der Waals surface area contributed by atoms with Crippen molar-refractivity contribution in [2.45, 2.75) is 37.7 Å². The molecule has 1 fully saturated rings. The van der Waals surface area contributed by atoms with E-state index in [1.54, 1.807) is 11.1 Å². The molecule has 12 heteroatoms. The molecule has 0 bridgehead atoms. The first-order valence-electron chi connectivity index (χ1n) is 10.5. The van der Waals surface area contributed by atoms with Crippen LogP contribution in [0, 0.1) is 23.2 Å². The lowest BCUT2D eigenvalue weighted by molar-refractivity contribution is -0.275. The fourth-order valence-corrected chi connectivity index (χ4v) is 4.40. The highest BCUT2D eigenvalue weighted by molar-refractivity contribution is 6.30. The molecule has 0 spiro atoms. The highest BCUT2D eigenvalue weighted by Gasteiger charge is 2.62. The Bertz CT molecular complexity index is 1210. The molecule has 0 amide bonds. The van der Waals surface area contributed by atoms with Gasteiger partial charge in [-0.05, 0) is 30.3 Å². The van der Waals surface area contributed by atoms with Crippen molar-refractivity contribution in [3.05, 3.63) is 64.2 Å². The molecular weight excluding hydrogens is 493 g/mol. The lowest BCUT2D eigenvalue weighted by Gasteiger charge is -2.46. The minimum atomic E-state index is -4.93. The van der Waals surface area contributed by atoms with Crippen LogP contribution >= 0.6 is 11.6 Å². The van der Waals surface area contributed by atoms with Crippen LogP contribution in [0.1, 0.15) is 37.1 Å². The number of nitrogens with zero attached hydrogens (tertiary/aromatic N) is 5. The molecule has 0 radical (unpaired) electrons. The smallest absolute Gasteiger partial charge is 0.374 e. The van der Waals surface area contributed by atoms with Crippen LogP contribution in [0.15, 0.2) is 46.7 Å². The van der Waals surface area contributed by atoms with E-state index in [9.17, 15) is 17.6 Å². The molecule has 184 valence electrons. The number of oxime groups is 1. The van der Waals surface area contributed by atoms with Gasteiger partial charge in [0.05, 0.1) is 30.9 Å². The van der Waals surface area contributed by atoms with Gasteiger partial charge in [0, 0.05) is 28.3 Å². The first-order chi connectivity index (χ1) is 16.4. The van der Waals surface area contributed by atoms with E-state index in [0.717, 1.165) is 12.1 Å². The average molecular weight is 512 g/mol. The van der Waals surface area contributed by atoms with E-state index < -0.39 is 35.2 Å². The molecule has 1 aromatic heterocycles. The molecule has 35 heavy (non-hydrogen) atoms. The average Bonchev–Trinajstić information content (AvgIpc) is 3.22. The van der Waals surface area contributed by atoms with Crippen molar-refractivity contribution >= 4 is 23.1 Å². The number of pyridine rings is 1. The van der Waals surface area contributed by atoms with Gasteiger partial charge in [-0.1, -0.05) is 30.6 Å². The Hall–Kier alpha value is -3.26. The lowest BCUT2D eigenvalue weighted by atomic mass is 9.86. The molecule has 2 aliphatic rings. The van der Waals surface area contributed by atoms with Crippen molar-refractivity contribution in [3.63, 3.8) is 0 Å². The van der Waals surface area contributed by atoms with E-state index in [4.69, 9.17) is 21.7 Å². The van der Waals surface area contributed by atoms with Crippen molar-refractivity contribution in [1.82, 2.24) is 9.88 Å². The number of hydrogen-bond donors (Lipinski definition) is 0. The van der Waals surface area contributed by atoms with Gasteiger partial charge in [0.2, 0.25) is 6.19 Å². The van der Waals surface area contributed by atoms with Gasteiger partial charge in [0.15, 0.2) is 5.67 Å². The van der Waals surface area contributed by atoms with Crippen LogP contribution in [0.2, 0.25) is 5.02 Å². The summed E-state index contributed by atoms with van der Waals surface area (Å²) in [5.41, 5.74) is -5.02. The summed E-state index contributed by atoms with van der Waals surface area (Å²) in [6.07, 6.45) is -2.74. The predicted molar refractivity (Wildman–Crippen MR) is 118 cm³/mol. The van der Waals surface area contributed by atoms with E-state index in [1.807, 2.05) is 13.8 Å². The number of hydrogen-bond acceptors (Lipinski definition) is 5. The molecule has 4 rings (SSSR count). The van der Waals surface area contributed by atoms with Gasteiger partial charge < -0.3 is 9.74 Å². The highest BCUT2D eigenvalue weighted by Crippen LogP contribution is 2.49. The van der Waals surface area contributed by atoms with Gasteiger partial charge in [-0.15, -0.1) is 0 Å².